The van der Waals surface area contributed by atoms with Crippen LogP contribution in [0.15, 0.2) is 48.7 Å². The minimum Gasteiger partial charge on any atom is -0.488 e. The van der Waals surface area contributed by atoms with Gasteiger partial charge in [-0.15, -0.1) is 0 Å². The van der Waals surface area contributed by atoms with Crippen molar-refractivity contribution in [2.75, 3.05) is 17.7 Å². The summed E-state index contributed by atoms with van der Waals surface area (Å²) in [5, 5.41) is 8.18. The average Bonchev–Trinajstić information content (AvgIpc) is 3.58. The number of fused-ring (bicyclic) bond motifs is 2. The van der Waals surface area contributed by atoms with E-state index in [9.17, 15) is 4.79 Å². The Morgan fingerprint density at radius 1 is 1.14 bits per heavy atom. The van der Waals surface area contributed by atoms with Gasteiger partial charge in [-0.3, -0.25) is 4.79 Å². The van der Waals surface area contributed by atoms with Crippen molar-refractivity contribution in [3.05, 3.63) is 65.4 Å². The summed E-state index contributed by atoms with van der Waals surface area (Å²) in [7, 11) is 1.86. The summed E-state index contributed by atoms with van der Waals surface area (Å²) in [6.07, 6.45) is 5.86. The maximum atomic E-state index is 12.2. The molecule has 5 heteroatoms. The van der Waals surface area contributed by atoms with E-state index in [-0.39, 0.29) is 11.8 Å². The molecule has 2 heterocycles. The van der Waals surface area contributed by atoms with E-state index in [1.807, 2.05) is 43.6 Å². The number of anilines is 2. The van der Waals surface area contributed by atoms with Crippen molar-refractivity contribution >= 4 is 40.0 Å². The predicted molar refractivity (Wildman–Crippen MR) is 112 cm³/mol. The van der Waals surface area contributed by atoms with Gasteiger partial charge in [0.1, 0.15) is 18.2 Å². The van der Waals surface area contributed by atoms with Crippen LogP contribution in [0.3, 0.4) is 0 Å². The van der Waals surface area contributed by atoms with Crippen molar-refractivity contribution in [1.82, 2.24) is 4.98 Å². The van der Waals surface area contributed by atoms with Crippen LogP contribution in [-0.2, 0) is 16.1 Å². The fraction of sp³-hybridized carbons (Fsp3) is 0.217. The minimum atomic E-state index is 0.103. The van der Waals surface area contributed by atoms with Gasteiger partial charge in [0.2, 0.25) is 5.91 Å². The fourth-order valence-electron chi connectivity index (χ4n) is 3.61. The second kappa shape index (κ2) is 6.68. The highest BCUT2D eigenvalue weighted by Gasteiger charge is 2.29. The zero-order valence-electron chi connectivity index (χ0n) is 15.7. The number of ether oxygens (including phenoxy) is 1. The average molecular weight is 371 g/mol. The number of hydrogen-bond donors (Lipinski definition) is 2. The second-order valence-corrected chi connectivity index (χ2v) is 7.29. The molecule has 0 unspecified atom stereocenters. The molecule has 0 radical (unpaired) electrons. The van der Waals surface area contributed by atoms with Gasteiger partial charge in [0.05, 0.1) is 0 Å². The molecular formula is C23H21N3O2. The summed E-state index contributed by atoms with van der Waals surface area (Å²) < 4.78 is 6.05. The lowest BCUT2D eigenvalue weighted by Gasteiger charge is -2.20. The van der Waals surface area contributed by atoms with E-state index >= 15 is 0 Å². The van der Waals surface area contributed by atoms with Gasteiger partial charge in [0, 0.05) is 35.8 Å². The fourth-order valence-corrected chi connectivity index (χ4v) is 3.61. The molecule has 0 spiro atoms. The Hall–Kier alpha value is -3.34. The van der Waals surface area contributed by atoms with Crippen molar-refractivity contribution in [3.63, 3.8) is 0 Å². The van der Waals surface area contributed by atoms with Crippen molar-refractivity contribution < 1.29 is 9.53 Å². The van der Waals surface area contributed by atoms with Crippen LogP contribution in [0.25, 0.3) is 22.6 Å². The Balaban J connectivity index is 1.61. The molecule has 1 amide bonds. The van der Waals surface area contributed by atoms with E-state index in [1.165, 1.54) is 5.56 Å². The van der Waals surface area contributed by atoms with Gasteiger partial charge in [-0.25, -0.2) is 4.98 Å². The molecule has 2 aliphatic rings. The van der Waals surface area contributed by atoms with Crippen LogP contribution < -0.4 is 10.6 Å². The molecule has 0 saturated heterocycles. The van der Waals surface area contributed by atoms with Crippen molar-refractivity contribution in [1.29, 1.82) is 0 Å². The van der Waals surface area contributed by atoms with Gasteiger partial charge in [-0.1, -0.05) is 24.3 Å². The largest absolute Gasteiger partial charge is 0.488 e. The van der Waals surface area contributed by atoms with Crippen LogP contribution in [0, 0.1) is 5.92 Å². The van der Waals surface area contributed by atoms with Crippen molar-refractivity contribution in [2.24, 2.45) is 5.92 Å². The molecule has 0 bridgehead atoms. The van der Waals surface area contributed by atoms with E-state index in [0.717, 1.165) is 52.0 Å². The highest BCUT2D eigenvalue weighted by atomic mass is 16.5. The lowest BCUT2D eigenvalue weighted by molar-refractivity contribution is -0.117. The molecule has 1 aliphatic heterocycles. The zero-order chi connectivity index (χ0) is 19.1. The minimum absolute atomic E-state index is 0.103. The number of carbonyl (C=O) groups is 1. The Morgan fingerprint density at radius 3 is 2.82 bits per heavy atom. The van der Waals surface area contributed by atoms with E-state index in [0.29, 0.717) is 6.61 Å². The second-order valence-electron chi connectivity index (χ2n) is 7.29. The number of rotatable bonds is 4. The first-order chi connectivity index (χ1) is 13.7. The highest BCUT2D eigenvalue weighted by Crippen LogP contribution is 2.36. The molecule has 1 aliphatic carbocycles. The zero-order valence-corrected chi connectivity index (χ0v) is 15.7. The number of nitrogens with zero attached hydrogens (tertiary/aromatic N) is 1. The van der Waals surface area contributed by atoms with E-state index in [4.69, 9.17) is 4.74 Å². The maximum absolute atomic E-state index is 12.2. The quantitative estimate of drug-likeness (QED) is 0.700. The number of pyridine rings is 1. The van der Waals surface area contributed by atoms with Crippen molar-refractivity contribution in [3.8, 4) is 0 Å². The van der Waals surface area contributed by atoms with Crippen LogP contribution in [0.2, 0.25) is 0 Å². The molecule has 140 valence electrons. The van der Waals surface area contributed by atoms with Crippen LogP contribution in [-0.4, -0.2) is 17.9 Å². The van der Waals surface area contributed by atoms with Gasteiger partial charge >= 0.3 is 0 Å². The molecule has 2 N–H and O–H groups in total. The summed E-state index contributed by atoms with van der Waals surface area (Å²) in [6.45, 7) is 0.537. The molecule has 0 atom stereocenters. The maximum Gasteiger partial charge on any atom is 0.227 e. The first-order valence-corrected chi connectivity index (χ1v) is 9.57. The number of aromatic nitrogens is 1. The molecular weight excluding hydrogens is 350 g/mol. The molecule has 3 aromatic rings. The topological polar surface area (TPSA) is 63.3 Å². The predicted octanol–water partition coefficient (Wildman–Crippen LogP) is 4.65. The van der Waals surface area contributed by atoms with Gasteiger partial charge in [-0.05, 0) is 53.6 Å². The Bertz CT molecular complexity index is 1120. The number of benzene rings is 2. The standard InChI is InChI=1S/C23H21N3O2/c1-24-22-18-9-8-17(26-23(27)14-6-7-14)11-19(18)20(12-25-22)21-10-15-4-2-3-5-16(15)13-28-21/h2-5,8-12,14H,6-7,13H2,1H3,(H,24,25)(H,26,27). The van der Waals surface area contributed by atoms with Crippen LogP contribution in [0.4, 0.5) is 11.5 Å². The Morgan fingerprint density at radius 2 is 2.00 bits per heavy atom. The summed E-state index contributed by atoms with van der Waals surface area (Å²) >= 11 is 0. The smallest absolute Gasteiger partial charge is 0.227 e. The molecule has 1 fully saturated rings. The monoisotopic (exact) mass is 371 g/mol. The molecule has 5 nitrogen and oxygen atoms in total. The third kappa shape index (κ3) is 2.99. The highest BCUT2D eigenvalue weighted by molar-refractivity contribution is 6.04. The molecule has 1 saturated carbocycles. The Kier molecular flexibility index (Phi) is 4.01. The van der Waals surface area contributed by atoms with E-state index in [2.05, 4.69) is 33.8 Å². The summed E-state index contributed by atoms with van der Waals surface area (Å²) in [5.41, 5.74) is 4.06. The normalized spacial score (nSPS) is 15.4. The molecule has 28 heavy (non-hydrogen) atoms. The number of carbonyl (C=O) groups excluding carboxylic acids is 1. The molecule has 5 rings (SSSR count). The first kappa shape index (κ1) is 16.8. The van der Waals surface area contributed by atoms with Crippen LogP contribution >= 0.6 is 0 Å². The molecule has 1 aromatic heterocycles. The SMILES string of the molecule is CNc1ncc(C2=Cc3ccccc3CO2)c2cc(NC(=O)C3CC3)ccc12. The van der Waals surface area contributed by atoms with Crippen LogP contribution in [0.1, 0.15) is 29.5 Å². The summed E-state index contributed by atoms with van der Waals surface area (Å²) in [6, 6.07) is 14.2. The van der Waals surface area contributed by atoms with Crippen LogP contribution in [0.5, 0.6) is 0 Å². The number of amides is 1. The van der Waals surface area contributed by atoms with Gasteiger partial charge in [0.15, 0.2) is 0 Å². The molecule has 2 aromatic carbocycles. The first-order valence-electron chi connectivity index (χ1n) is 9.57. The van der Waals surface area contributed by atoms with E-state index < -0.39 is 0 Å². The summed E-state index contributed by atoms with van der Waals surface area (Å²) in [5.74, 6) is 1.87. The third-order valence-corrected chi connectivity index (χ3v) is 5.33. The van der Waals surface area contributed by atoms with E-state index in [1.54, 1.807) is 0 Å². The lowest BCUT2D eigenvalue weighted by Crippen LogP contribution is -2.13. The number of hydrogen-bond acceptors (Lipinski definition) is 4. The Labute approximate surface area is 163 Å². The van der Waals surface area contributed by atoms with Crippen molar-refractivity contribution in [2.45, 2.75) is 19.4 Å². The number of nitrogens with one attached hydrogen (secondary N) is 2. The van der Waals surface area contributed by atoms with Gasteiger partial charge < -0.3 is 15.4 Å². The van der Waals surface area contributed by atoms with Gasteiger partial charge in [-0.2, -0.15) is 0 Å². The third-order valence-electron chi connectivity index (χ3n) is 5.33. The lowest BCUT2D eigenvalue weighted by atomic mass is 10.00. The van der Waals surface area contributed by atoms with Gasteiger partial charge in [0.25, 0.3) is 0 Å². The summed E-state index contributed by atoms with van der Waals surface area (Å²) in [4.78, 5) is 16.8.